The summed E-state index contributed by atoms with van der Waals surface area (Å²) in [5.74, 6) is -1.30. The van der Waals surface area contributed by atoms with Crippen LogP contribution < -0.4 is 10.6 Å². The van der Waals surface area contributed by atoms with Crippen molar-refractivity contribution < 1.29 is 19.5 Å². The average Bonchev–Trinajstić information content (AvgIpc) is 3.43. The second-order valence-electron chi connectivity index (χ2n) is 7.39. The fraction of sp³-hybridized carbons (Fsp3) is 0.526. The van der Waals surface area contributed by atoms with Crippen LogP contribution in [-0.4, -0.2) is 47.0 Å². The zero-order valence-electron chi connectivity index (χ0n) is 14.9. The number of carbonyl (C=O) groups excluding carboxylic acids is 2. The molecular formula is C19H25N3O4. The van der Waals surface area contributed by atoms with Crippen LogP contribution in [0, 0.1) is 11.8 Å². The first-order chi connectivity index (χ1) is 12.4. The van der Waals surface area contributed by atoms with E-state index >= 15 is 0 Å². The van der Waals surface area contributed by atoms with Crippen LogP contribution in [-0.2, 0) is 11.3 Å². The molecule has 0 aromatic heterocycles. The lowest BCUT2D eigenvalue weighted by Crippen LogP contribution is -2.49. The monoisotopic (exact) mass is 359 g/mol. The Hall–Kier alpha value is -2.57. The number of benzene rings is 1. The van der Waals surface area contributed by atoms with Crippen LogP contribution in [0.15, 0.2) is 24.3 Å². The molecule has 3 amide bonds. The Labute approximate surface area is 152 Å². The van der Waals surface area contributed by atoms with Gasteiger partial charge >= 0.3 is 12.0 Å². The molecule has 1 aromatic rings. The Bertz CT molecular complexity index is 702. The van der Waals surface area contributed by atoms with Crippen molar-refractivity contribution in [1.82, 2.24) is 15.5 Å². The van der Waals surface area contributed by atoms with Crippen LogP contribution in [0.25, 0.3) is 0 Å². The minimum atomic E-state index is -0.858. The fourth-order valence-electron chi connectivity index (χ4n) is 3.30. The molecule has 3 N–H and O–H groups in total. The Balaban J connectivity index is 1.55. The molecule has 26 heavy (non-hydrogen) atoms. The van der Waals surface area contributed by atoms with Crippen molar-refractivity contribution in [1.29, 1.82) is 0 Å². The minimum absolute atomic E-state index is 0.0881. The van der Waals surface area contributed by atoms with E-state index in [2.05, 4.69) is 10.6 Å². The number of hydrogen-bond donors (Lipinski definition) is 3. The summed E-state index contributed by atoms with van der Waals surface area (Å²) in [5, 5.41) is 15.0. The second-order valence-corrected chi connectivity index (χ2v) is 7.39. The van der Waals surface area contributed by atoms with E-state index in [1.165, 1.54) is 0 Å². The number of amides is 3. The summed E-state index contributed by atoms with van der Waals surface area (Å²) in [7, 11) is 0. The second kappa shape index (κ2) is 7.76. The first-order valence-corrected chi connectivity index (χ1v) is 9.07. The average molecular weight is 359 g/mol. The maximum atomic E-state index is 12.4. The van der Waals surface area contributed by atoms with Crippen LogP contribution in [0.5, 0.6) is 0 Å². The lowest BCUT2D eigenvalue weighted by Gasteiger charge is -2.34. The Morgan fingerprint density at radius 3 is 2.69 bits per heavy atom. The van der Waals surface area contributed by atoms with Gasteiger partial charge in [-0.1, -0.05) is 19.1 Å². The van der Waals surface area contributed by atoms with Crippen molar-refractivity contribution in [2.24, 2.45) is 11.8 Å². The largest absolute Gasteiger partial charge is 0.481 e. The molecule has 1 aromatic carbocycles. The molecule has 0 spiro atoms. The summed E-state index contributed by atoms with van der Waals surface area (Å²) in [6, 6.07) is 7.22. The maximum absolute atomic E-state index is 12.4. The van der Waals surface area contributed by atoms with Gasteiger partial charge in [-0.2, -0.15) is 0 Å². The summed E-state index contributed by atoms with van der Waals surface area (Å²) in [6.45, 7) is 3.04. The number of nitrogens with zero attached hydrogens (tertiary/aromatic N) is 1. The van der Waals surface area contributed by atoms with Crippen LogP contribution in [0.2, 0.25) is 0 Å². The predicted octanol–water partition coefficient (Wildman–Crippen LogP) is 1.83. The molecule has 1 aliphatic heterocycles. The molecule has 7 nitrogen and oxygen atoms in total. The van der Waals surface area contributed by atoms with Crippen molar-refractivity contribution in [3.8, 4) is 0 Å². The lowest BCUT2D eigenvalue weighted by atomic mass is 9.91. The van der Waals surface area contributed by atoms with E-state index < -0.39 is 11.9 Å². The van der Waals surface area contributed by atoms with E-state index in [0.717, 1.165) is 18.4 Å². The number of likely N-dealkylation sites (tertiary alicyclic amines) is 1. The molecule has 3 rings (SSSR count). The number of carboxylic acids is 1. The number of piperidine rings is 1. The lowest BCUT2D eigenvalue weighted by molar-refractivity contribution is -0.143. The molecule has 140 valence electrons. The Morgan fingerprint density at radius 2 is 2.00 bits per heavy atom. The van der Waals surface area contributed by atoms with Gasteiger partial charge < -0.3 is 20.6 Å². The molecule has 2 unspecified atom stereocenters. The van der Waals surface area contributed by atoms with E-state index in [-0.39, 0.29) is 24.4 Å². The minimum Gasteiger partial charge on any atom is -0.481 e. The van der Waals surface area contributed by atoms with Gasteiger partial charge in [-0.05, 0) is 42.9 Å². The first-order valence-electron chi connectivity index (χ1n) is 9.07. The molecule has 1 aliphatic carbocycles. The molecule has 2 aliphatic rings. The summed E-state index contributed by atoms with van der Waals surface area (Å²) >= 11 is 0. The highest BCUT2D eigenvalue weighted by atomic mass is 16.4. The van der Waals surface area contributed by atoms with Crippen molar-refractivity contribution >= 4 is 17.9 Å². The van der Waals surface area contributed by atoms with Crippen LogP contribution in [0.3, 0.4) is 0 Å². The first kappa shape index (κ1) is 18.2. The molecule has 0 radical (unpaired) electrons. The van der Waals surface area contributed by atoms with E-state index in [4.69, 9.17) is 0 Å². The molecular weight excluding hydrogens is 334 g/mol. The van der Waals surface area contributed by atoms with Gasteiger partial charge in [0.15, 0.2) is 0 Å². The number of urea groups is 1. The molecule has 2 atom stereocenters. The number of carbonyl (C=O) groups is 3. The third-order valence-corrected chi connectivity index (χ3v) is 4.84. The number of hydrogen-bond acceptors (Lipinski definition) is 3. The smallest absolute Gasteiger partial charge is 0.317 e. The number of carboxylic acid groups (broad SMARTS) is 1. The Kier molecular flexibility index (Phi) is 5.44. The quantitative estimate of drug-likeness (QED) is 0.747. The molecule has 1 saturated carbocycles. The topological polar surface area (TPSA) is 98.7 Å². The van der Waals surface area contributed by atoms with E-state index in [9.17, 15) is 19.5 Å². The standard InChI is InChI=1S/C19H25N3O4/c1-12-7-15(18(24)25)11-22(10-12)19(26)20-9-13-3-2-4-14(8-13)17(23)21-16-5-6-16/h2-4,8,12,15-16H,5-7,9-11H2,1H3,(H,20,26)(H,21,23)(H,24,25). The zero-order valence-corrected chi connectivity index (χ0v) is 14.9. The third-order valence-electron chi connectivity index (χ3n) is 4.84. The molecule has 1 heterocycles. The fourth-order valence-corrected chi connectivity index (χ4v) is 3.30. The maximum Gasteiger partial charge on any atom is 0.317 e. The van der Waals surface area contributed by atoms with E-state index in [1.54, 1.807) is 23.1 Å². The number of nitrogens with one attached hydrogen (secondary N) is 2. The van der Waals surface area contributed by atoms with Gasteiger partial charge in [-0.3, -0.25) is 9.59 Å². The molecule has 2 fully saturated rings. The van der Waals surface area contributed by atoms with Gasteiger partial charge in [0.05, 0.1) is 5.92 Å². The van der Waals surface area contributed by atoms with Crippen molar-refractivity contribution in [3.63, 3.8) is 0 Å². The SMILES string of the molecule is CC1CC(C(=O)O)CN(C(=O)NCc2cccc(C(=O)NC3CC3)c2)C1. The van der Waals surface area contributed by atoms with Crippen LogP contribution in [0.1, 0.15) is 42.1 Å². The van der Waals surface area contributed by atoms with Crippen molar-refractivity contribution in [2.45, 2.75) is 38.8 Å². The number of rotatable bonds is 5. The van der Waals surface area contributed by atoms with Gasteiger partial charge in [0.2, 0.25) is 0 Å². The van der Waals surface area contributed by atoms with Crippen molar-refractivity contribution in [3.05, 3.63) is 35.4 Å². The highest BCUT2D eigenvalue weighted by Crippen LogP contribution is 2.22. The van der Waals surface area contributed by atoms with Gasteiger partial charge in [-0.25, -0.2) is 4.79 Å². The molecule has 1 saturated heterocycles. The van der Waals surface area contributed by atoms with Crippen LogP contribution in [0.4, 0.5) is 4.79 Å². The van der Waals surface area contributed by atoms with E-state index in [0.29, 0.717) is 31.1 Å². The van der Waals surface area contributed by atoms with Gasteiger partial charge in [0.25, 0.3) is 5.91 Å². The van der Waals surface area contributed by atoms with Gasteiger partial charge in [-0.15, -0.1) is 0 Å². The third kappa shape index (κ3) is 4.74. The normalized spacial score (nSPS) is 22.6. The highest BCUT2D eigenvalue weighted by Gasteiger charge is 2.31. The predicted molar refractivity (Wildman–Crippen MR) is 95.6 cm³/mol. The summed E-state index contributed by atoms with van der Waals surface area (Å²) < 4.78 is 0. The summed E-state index contributed by atoms with van der Waals surface area (Å²) in [5.41, 5.74) is 1.42. The summed E-state index contributed by atoms with van der Waals surface area (Å²) in [6.07, 6.45) is 2.66. The highest BCUT2D eigenvalue weighted by molar-refractivity contribution is 5.94. The van der Waals surface area contributed by atoms with Crippen molar-refractivity contribution in [2.75, 3.05) is 13.1 Å². The van der Waals surface area contributed by atoms with Gasteiger partial charge in [0.1, 0.15) is 0 Å². The number of aliphatic carboxylic acids is 1. The van der Waals surface area contributed by atoms with E-state index in [1.807, 2.05) is 13.0 Å². The Morgan fingerprint density at radius 1 is 1.23 bits per heavy atom. The van der Waals surface area contributed by atoms with Gasteiger partial charge in [0, 0.05) is 31.2 Å². The molecule has 7 heteroatoms. The summed E-state index contributed by atoms with van der Waals surface area (Å²) in [4.78, 5) is 37.3. The molecule has 0 bridgehead atoms. The zero-order chi connectivity index (χ0) is 18.7. The van der Waals surface area contributed by atoms with Crippen LogP contribution >= 0.6 is 0 Å².